The highest BCUT2D eigenvalue weighted by atomic mass is 15.3. The Bertz CT molecular complexity index is 485. The van der Waals surface area contributed by atoms with Crippen LogP contribution in [0.4, 0.5) is 5.69 Å². The van der Waals surface area contributed by atoms with Gasteiger partial charge in [0, 0.05) is 11.4 Å². The molecule has 17 heavy (non-hydrogen) atoms. The van der Waals surface area contributed by atoms with E-state index in [4.69, 9.17) is 0 Å². The van der Waals surface area contributed by atoms with Crippen LogP contribution in [-0.4, -0.2) is 6.17 Å². The Morgan fingerprint density at radius 2 is 1.94 bits per heavy atom. The smallest absolute Gasteiger partial charge is 0.101 e. The molecule has 1 atom stereocenters. The molecule has 3 rings (SSSR count). The van der Waals surface area contributed by atoms with Gasteiger partial charge in [-0.2, -0.15) is 0 Å². The maximum Gasteiger partial charge on any atom is 0.101 e. The van der Waals surface area contributed by atoms with Gasteiger partial charge in [0.05, 0.1) is 5.70 Å². The van der Waals surface area contributed by atoms with Gasteiger partial charge in [-0.3, -0.25) is 0 Å². The molecule has 1 aliphatic carbocycles. The monoisotopic (exact) mass is 226 g/mol. The van der Waals surface area contributed by atoms with Crippen LogP contribution in [0.1, 0.15) is 26.7 Å². The predicted octanol–water partition coefficient (Wildman–Crippen LogP) is 3.39. The molecule has 0 amide bonds. The Kier molecular flexibility index (Phi) is 2.43. The first kappa shape index (κ1) is 10.5. The minimum absolute atomic E-state index is 0.351. The minimum atomic E-state index is 0.351. The molecule has 88 valence electrons. The molecule has 0 spiro atoms. The van der Waals surface area contributed by atoms with Crippen molar-refractivity contribution in [3.63, 3.8) is 0 Å². The number of nitrogens with one attached hydrogen (secondary N) is 1. The molecule has 0 bridgehead atoms. The highest BCUT2D eigenvalue weighted by Crippen LogP contribution is 2.34. The third-order valence-corrected chi connectivity index (χ3v) is 3.53. The van der Waals surface area contributed by atoms with Gasteiger partial charge in [-0.15, -0.1) is 0 Å². The summed E-state index contributed by atoms with van der Waals surface area (Å²) in [5, 5.41) is 3.59. The number of para-hydroxylation sites is 1. The molecule has 0 aromatic heterocycles. The van der Waals surface area contributed by atoms with Crippen LogP contribution in [0.2, 0.25) is 0 Å². The molecule has 2 heteroatoms. The molecular formula is C15H18N2. The van der Waals surface area contributed by atoms with Crippen LogP contribution >= 0.6 is 0 Å². The number of hydrogen-bond acceptors (Lipinski definition) is 2. The molecule has 0 radical (unpaired) electrons. The Morgan fingerprint density at radius 3 is 2.71 bits per heavy atom. The van der Waals surface area contributed by atoms with Gasteiger partial charge in [-0.25, -0.2) is 0 Å². The number of anilines is 1. The summed E-state index contributed by atoms with van der Waals surface area (Å²) < 4.78 is 0. The van der Waals surface area contributed by atoms with Crippen LogP contribution < -0.4 is 10.2 Å². The molecule has 0 saturated carbocycles. The summed E-state index contributed by atoms with van der Waals surface area (Å²) in [5.74, 6) is 0. The van der Waals surface area contributed by atoms with Gasteiger partial charge in [0.1, 0.15) is 6.17 Å². The molecule has 1 aromatic rings. The maximum absolute atomic E-state index is 3.59. The van der Waals surface area contributed by atoms with Gasteiger partial charge >= 0.3 is 0 Å². The van der Waals surface area contributed by atoms with Crippen LogP contribution in [0.15, 0.2) is 53.4 Å². The van der Waals surface area contributed by atoms with E-state index in [9.17, 15) is 0 Å². The second-order valence-electron chi connectivity index (χ2n) is 4.88. The normalized spacial score (nSPS) is 23.3. The van der Waals surface area contributed by atoms with Crippen molar-refractivity contribution >= 4 is 5.69 Å². The third-order valence-electron chi connectivity index (χ3n) is 3.53. The summed E-state index contributed by atoms with van der Waals surface area (Å²) in [6, 6.07) is 10.6. The third kappa shape index (κ3) is 1.74. The quantitative estimate of drug-likeness (QED) is 0.789. The molecule has 1 unspecified atom stereocenters. The molecule has 1 N–H and O–H groups in total. The lowest BCUT2D eigenvalue weighted by atomic mass is 10.0. The number of benzene rings is 1. The van der Waals surface area contributed by atoms with Crippen molar-refractivity contribution in [1.29, 1.82) is 0 Å². The maximum atomic E-state index is 3.59. The zero-order chi connectivity index (χ0) is 11.8. The molecule has 2 nitrogen and oxygen atoms in total. The topological polar surface area (TPSA) is 15.3 Å². The molecule has 0 saturated heterocycles. The number of allylic oxidation sites excluding steroid dienone is 3. The van der Waals surface area contributed by atoms with E-state index in [1.54, 1.807) is 0 Å². The average molecular weight is 226 g/mol. The van der Waals surface area contributed by atoms with E-state index in [2.05, 4.69) is 60.5 Å². The van der Waals surface area contributed by atoms with Crippen molar-refractivity contribution < 1.29 is 0 Å². The lowest BCUT2D eigenvalue weighted by molar-refractivity contribution is 0.648. The Hall–Kier alpha value is -1.70. The van der Waals surface area contributed by atoms with E-state index in [-0.39, 0.29) is 0 Å². The van der Waals surface area contributed by atoms with Crippen molar-refractivity contribution in [2.45, 2.75) is 32.9 Å². The van der Waals surface area contributed by atoms with Crippen LogP contribution in [0, 0.1) is 0 Å². The fraction of sp³-hybridized carbons (Fsp3) is 0.333. The molecular weight excluding hydrogens is 208 g/mol. The second-order valence-corrected chi connectivity index (χ2v) is 4.88. The summed E-state index contributed by atoms with van der Waals surface area (Å²) in [7, 11) is 0. The van der Waals surface area contributed by atoms with Crippen LogP contribution in [-0.2, 0) is 0 Å². The zero-order valence-electron chi connectivity index (χ0n) is 10.4. The summed E-state index contributed by atoms with van der Waals surface area (Å²) in [5.41, 5.74) is 5.49. The van der Waals surface area contributed by atoms with Gasteiger partial charge in [-0.05, 0) is 44.9 Å². The first-order valence-corrected chi connectivity index (χ1v) is 6.27. The van der Waals surface area contributed by atoms with Crippen molar-refractivity contribution in [2.75, 3.05) is 4.90 Å². The summed E-state index contributed by atoms with van der Waals surface area (Å²) in [6.45, 7) is 4.43. The Morgan fingerprint density at radius 1 is 1.18 bits per heavy atom. The minimum Gasteiger partial charge on any atom is -0.367 e. The number of hydrogen-bond donors (Lipinski definition) is 1. The second kappa shape index (κ2) is 3.95. The first-order valence-electron chi connectivity index (χ1n) is 6.27. The van der Waals surface area contributed by atoms with Crippen molar-refractivity contribution in [2.24, 2.45) is 0 Å². The van der Waals surface area contributed by atoms with Crippen molar-refractivity contribution in [3.8, 4) is 0 Å². The van der Waals surface area contributed by atoms with Gasteiger partial charge < -0.3 is 10.2 Å². The van der Waals surface area contributed by atoms with Gasteiger partial charge in [0.2, 0.25) is 0 Å². The Balaban J connectivity index is 2.02. The SMILES string of the molecule is CC1=CC2=C(CC1)NC(C)N2c1ccccc1. The predicted molar refractivity (Wildman–Crippen MR) is 71.5 cm³/mol. The van der Waals surface area contributed by atoms with Gasteiger partial charge in [0.15, 0.2) is 0 Å². The number of rotatable bonds is 1. The van der Waals surface area contributed by atoms with Gasteiger partial charge in [-0.1, -0.05) is 23.8 Å². The van der Waals surface area contributed by atoms with Crippen LogP contribution in [0.3, 0.4) is 0 Å². The lowest BCUT2D eigenvalue weighted by Crippen LogP contribution is -2.34. The van der Waals surface area contributed by atoms with E-state index >= 15 is 0 Å². The van der Waals surface area contributed by atoms with E-state index < -0.39 is 0 Å². The molecule has 1 aromatic carbocycles. The van der Waals surface area contributed by atoms with E-state index in [1.807, 2.05) is 0 Å². The molecule has 1 heterocycles. The molecule has 2 aliphatic rings. The lowest BCUT2D eigenvalue weighted by Gasteiger charge is -2.26. The van der Waals surface area contributed by atoms with Crippen LogP contribution in [0.5, 0.6) is 0 Å². The highest BCUT2D eigenvalue weighted by molar-refractivity contribution is 5.60. The average Bonchev–Trinajstić information content (AvgIpc) is 2.65. The fourth-order valence-corrected chi connectivity index (χ4v) is 2.68. The first-order chi connectivity index (χ1) is 8.25. The standard InChI is InChI=1S/C15H18N2/c1-11-8-9-14-15(10-11)17(12(2)16-14)13-6-4-3-5-7-13/h3-7,10,12,16H,8-9H2,1-2H3. The van der Waals surface area contributed by atoms with E-state index in [1.165, 1.54) is 29.1 Å². The fourth-order valence-electron chi connectivity index (χ4n) is 2.68. The summed E-state index contributed by atoms with van der Waals surface area (Å²) in [4.78, 5) is 2.39. The molecule has 0 fully saturated rings. The molecule has 1 aliphatic heterocycles. The van der Waals surface area contributed by atoms with E-state index in [0.29, 0.717) is 6.17 Å². The zero-order valence-corrected chi connectivity index (χ0v) is 10.4. The van der Waals surface area contributed by atoms with Gasteiger partial charge in [0.25, 0.3) is 0 Å². The summed E-state index contributed by atoms with van der Waals surface area (Å²) >= 11 is 0. The highest BCUT2D eigenvalue weighted by Gasteiger charge is 2.29. The van der Waals surface area contributed by atoms with E-state index in [0.717, 1.165) is 6.42 Å². The number of nitrogens with zero attached hydrogens (tertiary/aromatic N) is 1. The Labute approximate surface area is 103 Å². The van der Waals surface area contributed by atoms with Crippen molar-refractivity contribution in [1.82, 2.24) is 5.32 Å². The van der Waals surface area contributed by atoms with Crippen LogP contribution in [0.25, 0.3) is 0 Å². The largest absolute Gasteiger partial charge is 0.367 e. The van der Waals surface area contributed by atoms with Crippen molar-refractivity contribution in [3.05, 3.63) is 53.4 Å². The summed E-state index contributed by atoms with van der Waals surface area (Å²) in [6.07, 6.45) is 5.00.